The van der Waals surface area contributed by atoms with E-state index in [9.17, 15) is 5.26 Å². The van der Waals surface area contributed by atoms with Gasteiger partial charge in [-0.2, -0.15) is 5.26 Å². The van der Waals surface area contributed by atoms with Crippen molar-refractivity contribution < 1.29 is 4.74 Å². The van der Waals surface area contributed by atoms with Crippen molar-refractivity contribution in [2.45, 2.75) is 5.41 Å². The molecule has 0 saturated heterocycles. The Kier molecular flexibility index (Phi) is 3.76. The molecular formula is C16H15NO. The van der Waals surface area contributed by atoms with E-state index in [0.29, 0.717) is 6.61 Å². The Morgan fingerprint density at radius 2 is 1.39 bits per heavy atom. The first kappa shape index (κ1) is 12.3. The van der Waals surface area contributed by atoms with Crippen LogP contribution in [0.4, 0.5) is 0 Å². The predicted octanol–water partition coefficient (Wildman–Crippen LogP) is 3.14. The minimum atomic E-state index is -0.739. The third kappa shape index (κ3) is 2.13. The lowest BCUT2D eigenvalue weighted by atomic mass is 9.76. The van der Waals surface area contributed by atoms with Gasteiger partial charge in [-0.1, -0.05) is 60.7 Å². The second kappa shape index (κ2) is 5.48. The van der Waals surface area contributed by atoms with Crippen LogP contribution in [0.3, 0.4) is 0 Å². The quantitative estimate of drug-likeness (QED) is 0.818. The van der Waals surface area contributed by atoms with E-state index < -0.39 is 5.41 Å². The van der Waals surface area contributed by atoms with E-state index in [2.05, 4.69) is 6.07 Å². The molecule has 0 aliphatic rings. The van der Waals surface area contributed by atoms with Gasteiger partial charge in [-0.25, -0.2) is 0 Å². The molecule has 0 aliphatic heterocycles. The van der Waals surface area contributed by atoms with Crippen molar-refractivity contribution in [1.82, 2.24) is 0 Å². The fourth-order valence-corrected chi connectivity index (χ4v) is 2.16. The molecule has 2 aromatic rings. The van der Waals surface area contributed by atoms with Crippen LogP contribution in [0, 0.1) is 11.3 Å². The second-order valence-electron chi connectivity index (χ2n) is 4.18. The number of rotatable bonds is 4. The average Bonchev–Trinajstić information content (AvgIpc) is 2.47. The third-order valence-electron chi connectivity index (χ3n) is 3.08. The van der Waals surface area contributed by atoms with Gasteiger partial charge in [0.05, 0.1) is 12.7 Å². The maximum Gasteiger partial charge on any atom is 0.130 e. The molecule has 0 aromatic heterocycles. The molecule has 2 aromatic carbocycles. The van der Waals surface area contributed by atoms with Gasteiger partial charge in [-0.15, -0.1) is 0 Å². The maximum absolute atomic E-state index is 9.68. The Hall–Kier alpha value is -2.11. The second-order valence-corrected chi connectivity index (χ2v) is 4.18. The Morgan fingerprint density at radius 3 is 1.72 bits per heavy atom. The highest BCUT2D eigenvalue weighted by Crippen LogP contribution is 2.31. The zero-order chi connectivity index (χ0) is 12.8. The largest absolute Gasteiger partial charge is 0.382 e. The SMILES string of the molecule is COCC(C#N)(c1ccccc1)c1ccccc1. The number of methoxy groups -OCH3 is 1. The molecule has 90 valence electrons. The van der Waals surface area contributed by atoms with Gasteiger partial charge in [-0.05, 0) is 11.1 Å². The highest BCUT2D eigenvalue weighted by molar-refractivity contribution is 5.45. The first-order valence-electron chi connectivity index (χ1n) is 5.85. The van der Waals surface area contributed by atoms with E-state index >= 15 is 0 Å². The molecule has 2 nitrogen and oxygen atoms in total. The van der Waals surface area contributed by atoms with Gasteiger partial charge in [0.1, 0.15) is 5.41 Å². The minimum absolute atomic E-state index is 0.345. The highest BCUT2D eigenvalue weighted by atomic mass is 16.5. The van der Waals surface area contributed by atoms with E-state index in [1.807, 2.05) is 60.7 Å². The topological polar surface area (TPSA) is 33.0 Å². The minimum Gasteiger partial charge on any atom is -0.382 e. The van der Waals surface area contributed by atoms with Crippen molar-refractivity contribution in [3.63, 3.8) is 0 Å². The summed E-state index contributed by atoms with van der Waals surface area (Å²) in [6, 6.07) is 22.0. The van der Waals surface area contributed by atoms with Crippen LogP contribution in [0.15, 0.2) is 60.7 Å². The molecule has 18 heavy (non-hydrogen) atoms. The van der Waals surface area contributed by atoms with Crippen LogP contribution >= 0.6 is 0 Å². The lowest BCUT2D eigenvalue weighted by Crippen LogP contribution is -2.31. The zero-order valence-electron chi connectivity index (χ0n) is 10.3. The van der Waals surface area contributed by atoms with Crippen LogP contribution in [-0.4, -0.2) is 13.7 Å². The van der Waals surface area contributed by atoms with Gasteiger partial charge in [0, 0.05) is 7.11 Å². The summed E-state index contributed by atoms with van der Waals surface area (Å²) < 4.78 is 5.28. The van der Waals surface area contributed by atoms with Gasteiger partial charge in [0.25, 0.3) is 0 Å². The van der Waals surface area contributed by atoms with Gasteiger partial charge < -0.3 is 4.74 Å². The number of nitriles is 1. The molecule has 0 N–H and O–H groups in total. The Balaban J connectivity index is 2.58. The number of hydrogen-bond acceptors (Lipinski definition) is 2. The molecule has 2 heteroatoms. The first-order chi connectivity index (χ1) is 8.83. The van der Waals surface area contributed by atoms with Crippen LogP contribution in [-0.2, 0) is 10.2 Å². The molecule has 2 rings (SSSR count). The van der Waals surface area contributed by atoms with Crippen molar-refractivity contribution >= 4 is 0 Å². The fourth-order valence-electron chi connectivity index (χ4n) is 2.16. The van der Waals surface area contributed by atoms with Gasteiger partial charge in [0.15, 0.2) is 0 Å². The van der Waals surface area contributed by atoms with Crippen LogP contribution in [0.25, 0.3) is 0 Å². The molecule has 0 saturated carbocycles. The summed E-state index contributed by atoms with van der Waals surface area (Å²) in [7, 11) is 1.62. The normalized spacial score (nSPS) is 10.9. The summed E-state index contributed by atoms with van der Waals surface area (Å²) in [5, 5.41) is 9.68. The standard InChI is InChI=1S/C16H15NO/c1-18-13-16(12-17,14-8-4-2-5-9-14)15-10-6-3-7-11-15/h2-11H,13H2,1H3. The number of benzene rings is 2. The van der Waals surface area contributed by atoms with E-state index in [-0.39, 0.29) is 0 Å². The fraction of sp³-hybridized carbons (Fsp3) is 0.188. The summed E-state index contributed by atoms with van der Waals surface area (Å²) in [6.45, 7) is 0.345. The van der Waals surface area contributed by atoms with Crippen molar-refractivity contribution in [3.8, 4) is 6.07 Å². The van der Waals surface area contributed by atoms with Crippen LogP contribution in [0.1, 0.15) is 11.1 Å². The number of hydrogen-bond donors (Lipinski definition) is 0. The monoisotopic (exact) mass is 237 g/mol. The van der Waals surface area contributed by atoms with Gasteiger partial charge in [0.2, 0.25) is 0 Å². The summed E-state index contributed by atoms with van der Waals surface area (Å²) in [5.41, 5.74) is 1.18. The molecule has 0 aliphatic carbocycles. The number of nitrogens with zero attached hydrogens (tertiary/aromatic N) is 1. The van der Waals surface area contributed by atoms with Gasteiger partial charge >= 0.3 is 0 Å². The van der Waals surface area contributed by atoms with E-state index in [0.717, 1.165) is 11.1 Å². The van der Waals surface area contributed by atoms with E-state index in [4.69, 9.17) is 4.74 Å². The molecule has 0 heterocycles. The summed E-state index contributed by atoms with van der Waals surface area (Å²) in [5.74, 6) is 0. The van der Waals surface area contributed by atoms with Crippen LogP contribution < -0.4 is 0 Å². The Bertz CT molecular complexity index is 489. The van der Waals surface area contributed by atoms with E-state index in [1.165, 1.54) is 0 Å². The lowest BCUT2D eigenvalue weighted by molar-refractivity contribution is 0.169. The summed E-state index contributed by atoms with van der Waals surface area (Å²) in [4.78, 5) is 0. The maximum atomic E-state index is 9.68. The van der Waals surface area contributed by atoms with Crippen LogP contribution in [0.2, 0.25) is 0 Å². The third-order valence-corrected chi connectivity index (χ3v) is 3.08. The van der Waals surface area contributed by atoms with Crippen molar-refractivity contribution in [1.29, 1.82) is 5.26 Å². The zero-order valence-corrected chi connectivity index (χ0v) is 10.3. The molecule has 0 spiro atoms. The molecule has 0 bridgehead atoms. The molecular weight excluding hydrogens is 222 g/mol. The molecule has 0 amide bonds. The van der Waals surface area contributed by atoms with Gasteiger partial charge in [-0.3, -0.25) is 0 Å². The lowest BCUT2D eigenvalue weighted by Gasteiger charge is -2.26. The van der Waals surface area contributed by atoms with Crippen molar-refractivity contribution in [3.05, 3.63) is 71.8 Å². The molecule has 0 atom stereocenters. The summed E-state index contributed by atoms with van der Waals surface area (Å²) >= 11 is 0. The Labute approximate surface area is 107 Å². The van der Waals surface area contributed by atoms with E-state index in [1.54, 1.807) is 7.11 Å². The predicted molar refractivity (Wildman–Crippen MR) is 71.2 cm³/mol. The Morgan fingerprint density at radius 1 is 0.944 bits per heavy atom. The van der Waals surface area contributed by atoms with Crippen molar-refractivity contribution in [2.24, 2.45) is 0 Å². The average molecular weight is 237 g/mol. The smallest absolute Gasteiger partial charge is 0.130 e. The van der Waals surface area contributed by atoms with Crippen LogP contribution in [0.5, 0.6) is 0 Å². The number of ether oxygens (including phenoxy) is 1. The summed E-state index contributed by atoms with van der Waals surface area (Å²) in [6.07, 6.45) is 0. The highest BCUT2D eigenvalue weighted by Gasteiger charge is 2.34. The molecule has 0 fully saturated rings. The molecule has 0 unspecified atom stereocenters. The van der Waals surface area contributed by atoms with Crippen molar-refractivity contribution in [2.75, 3.05) is 13.7 Å². The molecule has 0 radical (unpaired) electrons. The first-order valence-corrected chi connectivity index (χ1v) is 5.85.